The average molecular weight is 383 g/mol. The van der Waals surface area contributed by atoms with Crippen LogP contribution in [0.4, 0.5) is 17.1 Å². The number of nitrogens with zero attached hydrogens (tertiary/aromatic N) is 1. The topological polar surface area (TPSA) is 101 Å². The van der Waals surface area contributed by atoms with Gasteiger partial charge in [0.25, 0.3) is 11.6 Å². The Balaban J connectivity index is 1.89. The van der Waals surface area contributed by atoms with Crippen LogP contribution in [0.2, 0.25) is 0 Å². The van der Waals surface area contributed by atoms with Crippen molar-refractivity contribution >= 4 is 28.9 Å². The fraction of sp³-hybridized carbons (Fsp3) is 0.333. The molecule has 0 heterocycles. The van der Waals surface area contributed by atoms with Crippen molar-refractivity contribution in [1.82, 2.24) is 0 Å². The van der Waals surface area contributed by atoms with Crippen molar-refractivity contribution in [3.63, 3.8) is 0 Å². The summed E-state index contributed by atoms with van der Waals surface area (Å²) in [5, 5.41) is 16.4. The molecule has 2 rings (SSSR count). The van der Waals surface area contributed by atoms with Crippen molar-refractivity contribution in [3.05, 3.63) is 64.2 Å². The number of nitro groups is 1. The van der Waals surface area contributed by atoms with Crippen LogP contribution in [-0.4, -0.2) is 16.7 Å². The van der Waals surface area contributed by atoms with Crippen molar-refractivity contribution in [2.45, 2.75) is 45.4 Å². The number of nitro benzene ring substituents is 1. The molecule has 2 amide bonds. The summed E-state index contributed by atoms with van der Waals surface area (Å²) in [4.78, 5) is 34.8. The summed E-state index contributed by atoms with van der Waals surface area (Å²) >= 11 is 0. The summed E-state index contributed by atoms with van der Waals surface area (Å²) in [6.07, 6.45) is 5.89. The maximum Gasteiger partial charge on any atom is 0.292 e. The van der Waals surface area contributed by atoms with Gasteiger partial charge in [-0.2, -0.15) is 0 Å². The van der Waals surface area contributed by atoms with Crippen LogP contribution in [0.15, 0.2) is 48.5 Å². The van der Waals surface area contributed by atoms with Crippen molar-refractivity contribution in [1.29, 1.82) is 0 Å². The van der Waals surface area contributed by atoms with Crippen LogP contribution in [0.25, 0.3) is 0 Å². The molecule has 0 spiro atoms. The van der Waals surface area contributed by atoms with E-state index in [4.69, 9.17) is 0 Å². The molecule has 0 aliphatic carbocycles. The number of amides is 2. The van der Waals surface area contributed by atoms with Crippen molar-refractivity contribution < 1.29 is 14.5 Å². The zero-order valence-electron chi connectivity index (χ0n) is 15.9. The maximum absolute atomic E-state index is 12.3. The number of unbranched alkanes of at least 4 members (excludes halogenated alkanes) is 4. The summed E-state index contributed by atoms with van der Waals surface area (Å²) < 4.78 is 0. The molecule has 28 heavy (non-hydrogen) atoms. The van der Waals surface area contributed by atoms with Gasteiger partial charge in [0, 0.05) is 23.7 Å². The van der Waals surface area contributed by atoms with Gasteiger partial charge in [-0.3, -0.25) is 19.7 Å². The van der Waals surface area contributed by atoms with Crippen LogP contribution in [0.5, 0.6) is 0 Å². The van der Waals surface area contributed by atoms with Gasteiger partial charge in [0.1, 0.15) is 5.69 Å². The second-order valence-corrected chi connectivity index (χ2v) is 6.52. The molecule has 0 aromatic heterocycles. The smallest absolute Gasteiger partial charge is 0.292 e. The van der Waals surface area contributed by atoms with E-state index >= 15 is 0 Å². The van der Waals surface area contributed by atoms with Gasteiger partial charge in [0.15, 0.2) is 0 Å². The zero-order chi connectivity index (χ0) is 20.4. The van der Waals surface area contributed by atoms with E-state index in [-0.39, 0.29) is 17.3 Å². The molecule has 2 aromatic rings. The third-order valence-electron chi connectivity index (χ3n) is 4.29. The zero-order valence-corrected chi connectivity index (χ0v) is 15.9. The Labute approximate surface area is 164 Å². The Hall–Kier alpha value is -3.22. The second kappa shape index (κ2) is 10.8. The maximum atomic E-state index is 12.3. The summed E-state index contributed by atoms with van der Waals surface area (Å²) in [7, 11) is 0. The summed E-state index contributed by atoms with van der Waals surface area (Å²) in [6.45, 7) is 2.15. The lowest BCUT2D eigenvalue weighted by molar-refractivity contribution is -0.383. The number of carbonyl (C=O) groups is 2. The number of anilines is 2. The Morgan fingerprint density at radius 2 is 1.61 bits per heavy atom. The van der Waals surface area contributed by atoms with Gasteiger partial charge in [-0.05, 0) is 36.8 Å². The third-order valence-corrected chi connectivity index (χ3v) is 4.29. The van der Waals surface area contributed by atoms with Crippen LogP contribution in [-0.2, 0) is 4.79 Å². The van der Waals surface area contributed by atoms with Crippen LogP contribution in [0, 0.1) is 10.1 Å². The van der Waals surface area contributed by atoms with Gasteiger partial charge < -0.3 is 10.6 Å². The van der Waals surface area contributed by atoms with Crippen molar-refractivity contribution in [3.8, 4) is 0 Å². The fourth-order valence-electron chi connectivity index (χ4n) is 2.75. The summed E-state index contributed by atoms with van der Waals surface area (Å²) in [5.41, 5.74) is 0.924. The van der Waals surface area contributed by atoms with E-state index in [0.717, 1.165) is 19.3 Å². The normalized spacial score (nSPS) is 10.3. The molecule has 2 aromatic carbocycles. The van der Waals surface area contributed by atoms with E-state index in [2.05, 4.69) is 17.6 Å². The minimum atomic E-state index is -0.545. The SMILES string of the molecule is CCCCCCCC(=O)Nc1ccc(C(=O)Nc2ccccc2[N+](=O)[O-])cc1. The van der Waals surface area contributed by atoms with Gasteiger partial charge in [0.2, 0.25) is 5.91 Å². The first kappa shape index (κ1) is 21.1. The van der Waals surface area contributed by atoms with Crippen LogP contribution in [0.1, 0.15) is 55.8 Å². The van der Waals surface area contributed by atoms with E-state index in [9.17, 15) is 19.7 Å². The van der Waals surface area contributed by atoms with Crippen LogP contribution < -0.4 is 10.6 Å². The molecular weight excluding hydrogens is 358 g/mol. The molecule has 0 atom stereocenters. The average Bonchev–Trinajstić information content (AvgIpc) is 2.68. The molecule has 0 bridgehead atoms. The van der Waals surface area contributed by atoms with Gasteiger partial charge in [-0.25, -0.2) is 0 Å². The van der Waals surface area contributed by atoms with Gasteiger partial charge >= 0.3 is 0 Å². The quantitative estimate of drug-likeness (QED) is 0.337. The first-order chi connectivity index (χ1) is 13.5. The first-order valence-electron chi connectivity index (χ1n) is 9.46. The predicted molar refractivity (Wildman–Crippen MR) is 109 cm³/mol. The molecule has 0 saturated carbocycles. The van der Waals surface area contributed by atoms with E-state index in [0.29, 0.717) is 17.7 Å². The van der Waals surface area contributed by atoms with E-state index in [1.165, 1.54) is 31.0 Å². The highest BCUT2D eigenvalue weighted by Gasteiger charge is 2.15. The standard InChI is InChI=1S/C21H25N3O4/c1-2-3-4-5-6-11-20(25)22-17-14-12-16(13-15-17)21(26)23-18-9-7-8-10-19(18)24(27)28/h7-10,12-15H,2-6,11H2,1H3,(H,22,25)(H,23,26). The molecule has 0 aliphatic heterocycles. The summed E-state index contributed by atoms with van der Waals surface area (Å²) in [6, 6.07) is 12.4. The first-order valence-corrected chi connectivity index (χ1v) is 9.46. The van der Waals surface area contributed by atoms with Crippen LogP contribution >= 0.6 is 0 Å². The highest BCUT2D eigenvalue weighted by Crippen LogP contribution is 2.24. The molecule has 148 valence electrons. The number of hydrogen-bond acceptors (Lipinski definition) is 4. The molecule has 0 saturated heterocycles. The largest absolute Gasteiger partial charge is 0.326 e. The minimum absolute atomic E-state index is 0.0476. The highest BCUT2D eigenvalue weighted by atomic mass is 16.6. The molecule has 7 nitrogen and oxygen atoms in total. The van der Waals surface area contributed by atoms with Crippen molar-refractivity contribution in [2.24, 2.45) is 0 Å². The Kier molecular flexibility index (Phi) is 8.14. The number of para-hydroxylation sites is 2. The Morgan fingerprint density at radius 1 is 0.929 bits per heavy atom. The van der Waals surface area contributed by atoms with Gasteiger partial charge in [0.05, 0.1) is 4.92 Å². The minimum Gasteiger partial charge on any atom is -0.326 e. The molecule has 0 fully saturated rings. The lowest BCUT2D eigenvalue weighted by atomic mass is 10.1. The summed E-state index contributed by atoms with van der Waals surface area (Å²) in [5.74, 6) is -0.503. The van der Waals surface area contributed by atoms with E-state index in [1.54, 1.807) is 30.3 Å². The van der Waals surface area contributed by atoms with Crippen LogP contribution in [0.3, 0.4) is 0 Å². The van der Waals surface area contributed by atoms with Crippen molar-refractivity contribution in [2.75, 3.05) is 10.6 Å². The lowest BCUT2D eigenvalue weighted by Crippen LogP contribution is -2.14. The number of hydrogen-bond donors (Lipinski definition) is 2. The number of benzene rings is 2. The fourth-order valence-corrected chi connectivity index (χ4v) is 2.75. The van der Waals surface area contributed by atoms with Gasteiger partial charge in [-0.15, -0.1) is 0 Å². The molecule has 7 heteroatoms. The van der Waals surface area contributed by atoms with E-state index < -0.39 is 10.8 Å². The molecular formula is C21H25N3O4. The Bertz CT molecular complexity index is 819. The molecule has 0 radical (unpaired) electrons. The van der Waals surface area contributed by atoms with Gasteiger partial charge in [-0.1, -0.05) is 44.7 Å². The molecule has 0 aliphatic rings. The number of rotatable bonds is 10. The monoisotopic (exact) mass is 383 g/mol. The second-order valence-electron chi connectivity index (χ2n) is 6.52. The number of nitrogens with one attached hydrogen (secondary N) is 2. The predicted octanol–water partition coefficient (Wildman–Crippen LogP) is 5.15. The Morgan fingerprint density at radius 3 is 2.29 bits per heavy atom. The van der Waals surface area contributed by atoms with E-state index in [1.807, 2.05) is 0 Å². The third kappa shape index (κ3) is 6.50. The lowest BCUT2D eigenvalue weighted by Gasteiger charge is -2.08. The molecule has 0 unspecified atom stereocenters. The molecule has 2 N–H and O–H groups in total. The number of carbonyl (C=O) groups excluding carboxylic acids is 2. The highest BCUT2D eigenvalue weighted by molar-refractivity contribution is 6.05.